The maximum absolute atomic E-state index is 13.1. The molecule has 0 unspecified atom stereocenters. The number of amides is 2. The molecule has 1 saturated heterocycles. The normalized spacial score (nSPS) is 13.4. The number of carbonyl (C=O) groups is 2. The second kappa shape index (κ2) is 10.2. The molecule has 2 amide bonds. The number of nitrogens with zero attached hydrogens (tertiary/aromatic N) is 3. The van der Waals surface area contributed by atoms with E-state index in [4.69, 9.17) is 0 Å². The standard InChI is InChI=1S/C27H23F3N4O2/c1-17-4-6-23(22(10-17)14-31)19-11-20(13-21(12-19)26(36)34-8-2-3-9-34)25(35)33-16-18-5-7-24(32-15-18)27(28,29)30/h4-7,10-13,15H,2-3,8-9,16H2,1H3,(H,33,35). The molecule has 6 nitrogen and oxygen atoms in total. The molecule has 0 spiro atoms. The lowest BCUT2D eigenvalue weighted by atomic mass is 9.94. The van der Waals surface area contributed by atoms with E-state index in [1.807, 2.05) is 13.0 Å². The van der Waals surface area contributed by atoms with E-state index in [1.165, 1.54) is 12.1 Å². The Bertz CT molecular complexity index is 1340. The number of aryl methyl sites for hydroxylation is 1. The predicted octanol–water partition coefficient (Wildman–Crippen LogP) is 5.11. The first-order valence-corrected chi connectivity index (χ1v) is 11.4. The number of nitriles is 1. The molecule has 2 heterocycles. The fourth-order valence-corrected chi connectivity index (χ4v) is 4.12. The predicted molar refractivity (Wildman–Crippen MR) is 127 cm³/mol. The summed E-state index contributed by atoms with van der Waals surface area (Å²) in [6, 6.07) is 14.4. The molecule has 2 aromatic carbocycles. The number of carbonyl (C=O) groups excluding carboxylic acids is 2. The third-order valence-electron chi connectivity index (χ3n) is 6.01. The maximum atomic E-state index is 13.1. The molecule has 1 aliphatic heterocycles. The van der Waals surface area contributed by atoms with Crippen molar-refractivity contribution in [2.45, 2.75) is 32.5 Å². The Labute approximate surface area is 206 Å². The minimum Gasteiger partial charge on any atom is -0.348 e. The van der Waals surface area contributed by atoms with Gasteiger partial charge < -0.3 is 10.2 Å². The third-order valence-corrected chi connectivity index (χ3v) is 6.01. The van der Waals surface area contributed by atoms with Crippen molar-refractivity contribution >= 4 is 11.8 Å². The van der Waals surface area contributed by atoms with Gasteiger partial charge in [0.1, 0.15) is 5.69 Å². The lowest BCUT2D eigenvalue weighted by molar-refractivity contribution is -0.141. The zero-order chi connectivity index (χ0) is 25.9. The molecule has 0 saturated carbocycles. The van der Waals surface area contributed by atoms with Crippen molar-refractivity contribution in [3.63, 3.8) is 0 Å². The van der Waals surface area contributed by atoms with Crippen molar-refractivity contribution in [2.24, 2.45) is 0 Å². The van der Waals surface area contributed by atoms with E-state index in [-0.39, 0.29) is 18.0 Å². The van der Waals surface area contributed by atoms with Crippen LogP contribution in [0, 0.1) is 18.3 Å². The lowest BCUT2D eigenvalue weighted by Gasteiger charge is -2.17. The van der Waals surface area contributed by atoms with E-state index in [0.717, 1.165) is 30.7 Å². The monoisotopic (exact) mass is 492 g/mol. The minimum atomic E-state index is -4.54. The van der Waals surface area contributed by atoms with E-state index >= 15 is 0 Å². The molecule has 0 atom stereocenters. The molecule has 4 rings (SSSR count). The highest BCUT2D eigenvalue weighted by Gasteiger charge is 2.32. The third kappa shape index (κ3) is 5.54. The number of hydrogen-bond acceptors (Lipinski definition) is 4. The molecular formula is C27H23F3N4O2. The SMILES string of the molecule is Cc1ccc(-c2cc(C(=O)NCc3ccc(C(F)(F)F)nc3)cc(C(=O)N3CCCC3)c2)c(C#N)c1. The number of pyridine rings is 1. The molecule has 36 heavy (non-hydrogen) atoms. The van der Waals surface area contributed by atoms with Crippen molar-refractivity contribution in [2.75, 3.05) is 13.1 Å². The van der Waals surface area contributed by atoms with Crippen LogP contribution in [-0.4, -0.2) is 34.8 Å². The summed E-state index contributed by atoms with van der Waals surface area (Å²) < 4.78 is 38.2. The number of likely N-dealkylation sites (tertiary alicyclic amines) is 1. The fraction of sp³-hybridized carbons (Fsp3) is 0.259. The van der Waals surface area contributed by atoms with Gasteiger partial charge in [-0.2, -0.15) is 18.4 Å². The Morgan fingerprint density at radius 2 is 1.78 bits per heavy atom. The molecule has 3 aromatic rings. The van der Waals surface area contributed by atoms with Gasteiger partial charge in [-0.25, -0.2) is 0 Å². The molecule has 0 bridgehead atoms. The summed E-state index contributed by atoms with van der Waals surface area (Å²) in [4.78, 5) is 31.3. The van der Waals surface area contributed by atoms with Crippen LogP contribution in [0.1, 0.15) is 55.9 Å². The van der Waals surface area contributed by atoms with Crippen molar-refractivity contribution in [3.05, 3.63) is 88.2 Å². The summed E-state index contributed by atoms with van der Waals surface area (Å²) in [6.07, 6.45) is -1.65. The zero-order valence-electron chi connectivity index (χ0n) is 19.5. The zero-order valence-corrected chi connectivity index (χ0v) is 19.5. The Kier molecular flexibility index (Phi) is 7.06. The summed E-state index contributed by atoms with van der Waals surface area (Å²) in [5.74, 6) is -0.696. The van der Waals surface area contributed by atoms with Crippen molar-refractivity contribution in [3.8, 4) is 17.2 Å². The highest BCUT2D eigenvalue weighted by molar-refractivity contribution is 6.01. The van der Waals surface area contributed by atoms with Gasteiger partial charge in [0, 0.05) is 37.0 Å². The van der Waals surface area contributed by atoms with Crippen molar-refractivity contribution < 1.29 is 22.8 Å². The quantitative estimate of drug-likeness (QED) is 0.536. The molecule has 9 heteroatoms. The Balaban J connectivity index is 1.64. The van der Waals surface area contributed by atoms with Gasteiger partial charge in [0.05, 0.1) is 11.6 Å². The molecule has 0 radical (unpaired) electrons. The van der Waals surface area contributed by atoms with Gasteiger partial charge in [0.15, 0.2) is 0 Å². The molecule has 1 aliphatic rings. The second-order valence-corrected chi connectivity index (χ2v) is 8.69. The van der Waals surface area contributed by atoms with Gasteiger partial charge in [-0.15, -0.1) is 0 Å². The Morgan fingerprint density at radius 1 is 1.06 bits per heavy atom. The number of hydrogen-bond donors (Lipinski definition) is 1. The first-order chi connectivity index (χ1) is 17.2. The van der Waals surface area contributed by atoms with Crippen LogP contribution in [0.3, 0.4) is 0 Å². The second-order valence-electron chi connectivity index (χ2n) is 8.69. The molecule has 0 aliphatic carbocycles. The van der Waals surface area contributed by atoms with E-state index in [1.54, 1.807) is 29.2 Å². The van der Waals surface area contributed by atoms with Crippen LogP contribution < -0.4 is 5.32 Å². The van der Waals surface area contributed by atoms with Crippen LogP contribution >= 0.6 is 0 Å². The Morgan fingerprint density at radius 3 is 2.42 bits per heavy atom. The number of halogens is 3. The van der Waals surface area contributed by atoms with Gasteiger partial charge in [0.2, 0.25) is 0 Å². The van der Waals surface area contributed by atoms with Crippen LogP contribution in [0.5, 0.6) is 0 Å². The summed E-state index contributed by atoms with van der Waals surface area (Å²) >= 11 is 0. The molecule has 184 valence electrons. The smallest absolute Gasteiger partial charge is 0.348 e. The van der Waals surface area contributed by atoms with Crippen molar-refractivity contribution in [1.29, 1.82) is 5.26 Å². The van der Waals surface area contributed by atoms with Gasteiger partial charge >= 0.3 is 6.18 Å². The number of benzene rings is 2. The maximum Gasteiger partial charge on any atom is 0.433 e. The summed E-state index contributed by atoms with van der Waals surface area (Å²) in [7, 11) is 0. The van der Waals surface area contributed by atoms with Gasteiger partial charge in [-0.05, 0) is 72.4 Å². The summed E-state index contributed by atoms with van der Waals surface area (Å²) in [5, 5.41) is 12.3. The minimum absolute atomic E-state index is 0.0441. The number of aromatic nitrogens is 1. The van der Waals surface area contributed by atoms with E-state index in [0.29, 0.717) is 40.9 Å². The number of alkyl halides is 3. The fourth-order valence-electron chi connectivity index (χ4n) is 4.12. The van der Waals surface area contributed by atoms with Gasteiger partial charge in [0.25, 0.3) is 11.8 Å². The van der Waals surface area contributed by atoms with E-state index in [2.05, 4.69) is 16.4 Å². The van der Waals surface area contributed by atoms with Crippen LogP contribution in [0.15, 0.2) is 54.7 Å². The Hall–Kier alpha value is -4.19. The van der Waals surface area contributed by atoms with Crippen LogP contribution in [0.2, 0.25) is 0 Å². The van der Waals surface area contributed by atoms with Gasteiger partial charge in [-0.1, -0.05) is 18.2 Å². The van der Waals surface area contributed by atoms with Crippen molar-refractivity contribution in [1.82, 2.24) is 15.2 Å². The van der Waals surface area contributed by atoms with E-state index < -0.39 is 17.8 Å². The average Bonchev–Trinajstić information content (AvgIpc) is 3.41. The van der Waals surface area contributed by atoms with Gasteiger partial charge in [-0.3, -0.25) is 14.6 Å². The highest BCUT2D eigenvalue weighted by Crippen LogP contribution is 2.29. The number of rotatable bonds is 5. The number of nitrogens with one attached hydrogen (secondary N) is 1. The molecule has 1 fully saturated rings. The van der Waals surface area contributed by atoms with Crippen LogP contribution in [0.25, 0.3) is 11.1 Å². The van der Waals surface area contributed by atoms with E-state index in [9.17, 15) is 28.0 Å². The van der Waals surface area contributed by atoms with Crippen LogP contribution in [-0.2, 0) is 12.7 Å². The first-order valence-electron chi connectivity index (χ1n) is 11.4. The molecular weight excluding hydrogens is 469 g/mol. The highest BCUT2D eigenvalue weighted by atomic mass is 19.4. The van der Waals surface area contributed by atoms with Crippen LogP contribution in [0.4, 0.5) is 13.2 Å². The molecule has 1 aromatic heterocycles. The summed E-state index contributed by atoms with van der Waals surface area (Å²) in [6.45, 7) is 3.10. The first kappa shape index (κ1) is 24.9. The lowest BCUT2D eigenvalue weighted by Crippen LogP contribution is -2.28. The topological polar surface area (TPSA) is 86.1 Å². The summed E-state index contributed by atoms with van der Waals surface area (Å²) in [5.41, 5.74) is 2.40. The molecule has 1 N–H and O–H groups in total. The largest absolute Gasteiger partial charge is 0.433 e. The average molecular weight is 493 g/mol.